The molecular weight excluding hydrogens is 280 g/mol. The number of rotatable bonds is 5. The molecule has 1 aliphatic heterocycles. The molecule has 0 radical (unpaired) electrons. The molecule has 0 saturated carbocycles. The Labute approximate surface area is 134 Å². The topological polar surface area (TPSA) is 29.3 Å². The SMILES string of the molecule is CC(C)C1CCCN(CCC(N)c2ccccc2Cl)CC1. The number of nitrogens with zero attached hydrogens (tertiary/aromatic N) is 1. The molecule has 2 unspecified atom stereocenters. The molecule has 3 heteroatoms. The van der Waals surface area contributed by atoms with Crippen LogP contribution in [-0.2, 0) is 0 Å². The molecule has 1 aromatic carbocycles. The lowest BCUT2D eigenvalue weighted by molar-refractivity contribution is 0.262. The zero-order valence-corrected chi connectivity index (χ0v) is 14.1. The number of hydrogen-bond acceptors (Lipinski definition) is 2. The summed E-state index contributed by atoms with van der Waals surface area (Å²) >= 11 is 6.23. The molecule has 2 rings (SSSR count). The lowest BCUT2D eigenvalue weighted by Crippen LogP contribution is -2.28. The van der Waals surface area contributed by atoms with Crippen molar-refractivity contribution in [3.8, 4) is 0 Å². The summed E-state index contributed by atoms with van der Waals surface area (Å²) < 4.78 is 0. The molecule has 1 aromatic rings. The minimum atomic E-state index is 0.0443. The van der Waals surface area contributed by atoms with Gasteiger partial charge in [-0.15, -0.1) is 0 Å². The van der Waals surface area contributed by atoms with E-state index in [1.165, 1.54) is 32.4 Å². The van der Waals surface area contributed by atoms with Crippen LogP contribution in [0.25, 0.3) is 0 Å². The van der Waals surface area contributed by atoms with Crippen LogP contribution in [0.15, 0.2) is 24.3 Å². The van der Waals surface area contributed by atoms with Gasteiger partial charge in [0.25, 0.3) is 0 Å². The molecule has 2 nitrogen and oxygen atoms in total. The van der Waals surface area contributed by atoms with Crippen LogP contribution in [0.3, 0.4) is 0 Å². The van der Waals surface area contributed by atoms with Crippen LogP contribution < -0.4 is 5.73 Å². The monoisotopic (exact) mass is 308 g/mol. The van der Waals surface area contributed by atoms with E-state index < -0.39 is 0 Å². The van der Waals surface area contributed by atoms with Crippen molar-refractivity contribution in [1.29, 1.82) is 0 Å². The molecule has 21 heavy (non-hydrogen) atoms. The van der Waals surface area contributed by atoms with Gasteiger partial charge in [-0.3, -0.25) is 0 Å². The van der Waals surface area contributed by atoms with Gasteiger partial charge in [0.1, 0.15) is 0 Å². The summed E-state index contributed by atoms with van der Waals surface area (Å²) in [5.41, 5.74) is 7.39. The third-order valence-electron chi connectivity index (χ3n) is 4.87. The molecule has 0 aliphatic carbocycles. The number of benzene rings is 1. The van der Waals surface area contributed by atoms with Crippen molar-refractivity contribution in [2.75, 3.05) is 19.6 Å². The van der Waals surface area contributed by atoms with Gasteiger partial charge in [0.05, 0.1) is 0 Å². The first kappa shape index (κ1) is 16.8. The molecule has 118 valence electrons. The Morgan fingerprint density at radius 2 is 2.00 bits per heavy atom. The van der Waals surface area contributed by atoms with Crippen LogP contribution >= 0.6 is 11.6 Å². The fraction of sp³-hybridized carbons (Fsp3) is 0.667. The van der Waals surface area contributed by atoms with Gasteiger partial charge in [-0.05, 0) is 68.8 Å². The quantitative estimate of drug-likeness (QED) is 0.868. The molecule has 1 saturated heterocycles. The second-order valence-electron chi connectivity index (χ2n) is 6.69. The van der Waals surface area contributed by atoms with Crippen LogP contribution in [0, 0.1) is 11.8 Å². The third-order valence-corrected chi connectivity index (χ3v) is 5.21. The van der Waals surface area contributed by atoms with Gasteiger partial charge in [0, 0.05) is 11.1 Å². The van der Waals surface area contributed by atoms with E-state index >= 15 is 0 Å². The van der Waals surface area contributed by atoms with Crippen LogP contribution in [0.4, 0.5) is 0 Å². The van der Waals surface area contributed by atoms with Gasteiger partial charge in [0.15, 0.2) is 0 Å². The molecule has 0 bridgehead atoms. The molecule has 0 amide bonds. The fourth-order valence-electron chi connectivity index (χ4n) is 3.32. The van der Waals surface area contributed by atoms with E-state index in [2.05, 4.69) is 18.7 Å². The number of hydrogen-bond donors (Lipinski definition) is 1. The van der Waals surface area contributed by atoms with Crippen LogP contribution in [-0.4, -0.2) is 24.5 Å². The predicted octanol–water partition coefficient (Wildman–Crippen LogP) is 4.49. The first-order chi connectivity index (χ1) is 10.1. The summed E-state index contributed by atoms with van der Waals surface area (Å²) in [5.74, 6) is 1.71. The van der Waals surface area contributed by atoms with Gasteiger partial charge >= 0.3 is 0 Å². The van der Waals surface area contributed by atoms with E-state index in [-0.39, 0.29) is 6.04 Å². The van der Waals surface area contributed by atoms with Crippen LogP contribution in [0.2, 0.25) is 5.02 Å². The maximum atomic E-state index is 6.32. The molecule has 0 spiro atoms. The Balaban J connectivity index is 1.82. The number of likely N-dealkylation sites (tertiary alicyclic amines) is 1. The molecule has 1 heterocycles. The summed E-state index contributed by atoms with van der Waals surface area (Å²) in [6.07, 6.45) is 5.02. The lowest BCUT2D eigenvalue weighted by atomic mass is 9.89. The van der Waals surface area contributed by atoms with Crippen LogP contribution in [0.1, 0.15) is 51.1 Å². The minimum absolute atomic E-state index is 0.0443. The van der Waals surface area contributed by atoms with Gasteiger partial charge in [-0.25, -0.2) is 0 Å². The number of halogens is 1. The van der Waals surface area contributed by atoms with Crippen molar-refractivity contribution in [2.45, 2.75) is 45.6 Å². The molecule has 1 aliphatic rings. The highest BCUT2D eigenvalue weighted by atomic mass is 35.5. The zero-order chi connectivity index (χ0) is 15.2. The molecule has 1 fully saturated rings. The highest BCUT2D eigenvalue weighted by molar-refractivity contribution is 6.31. The van der Waals surface area contributed by atoms with Gasteiger partial charge in [-0.2, -0.15) is 0 Å². The Kier molecular flexibility index (Phi) is 6.53. The summed E-state index contributed by atoms with van der Waals surface area (Å²) in [6, 6.07) is 7.99. The largest absolute Gasteiger partial charge is 0.324 e. The first-order valence-electron chi connectivity index (χ1n) is 8.30. The van der Waals surface area contributed by atoms with E-state index in [0.717, 1.165) is 35.4 Å². The van der Waals surface area contributed by atoms with Crippen molar-refractivity contribution >= 4 is 11.6 Å². The Morgan fingerprint density at radius 1 is 1.24 bits per heavy atom. The standard InChI is InChI=1S/C18H29ClN2/c1-14(2)15-6-5-11-21(12-9-15)13-10-18(20)16-7-3-4-8-17(16)19/h3-4,7-8,14-15,18H,5-6,9-13,20H2,1-2H3. The van der Waals surface area contributed by atoms with Crippen molar-refractivity contribution in [3.63, 3.8) is 0 Å². The van der Waals surface area contributed by atoms with Crippen molar-refractivity contribution in [1.82, 2.24) is 4.90 Å². The van der Waals surface area contributed by atoms with Gasteiger partial charge < -0.3 is 10.6 Å². The average Bonchev–Trinajstić information content (AvgIpc) is 2.71. The van der Waals surface area contributed by atoms with Crippen LogP contribution in [0.5, 0.6) is 0 Å². The first-order valence-corrected chi connectivity index (χ1v) is 8.68. The van der Waals surface area contributed by atoms with Crippen molar-refractivity contribution in [2.24, 2.45) is 17.6 Å². The normalized spacial score (nSPS) is 22.2. The maximum Gasteiger partial charge on any atom is 0.0453 e. The third kappa shape index (κ3) is 4.98. The van der Waals surface area contributed by atoms with E-state index in [1.807, 2.05) is 24.3 Å². The zero-order valence-electron chi connectivity index (χ0n) is 13.4. The summed E-state index contributed by atoms with van der Waals surface area (Å²) in [4.78, 5) is 2.58. The summed E-state index contributed by atoms with van der Waals surface area (Å²) in [6.45, 7) is 8.23. The smallest absolute Gasteiger partial charge is 0.0453 e. The highest BCUT2D eigenvalue weighted by Gasteiger charge is 2.20. The second kappa shape index (κ2) is 8.17. The number of nitrogens with two attached hydrogens (primary N) is 1. The predicted molar refractivity (Wildman–Crippen MR) is 91.6 cm³/mol. The van der Waals surface area contributed by atoms with Crippen molar-refractivity contribution < 1.29 is 0 Å². The highest BCUT2D eigenvalue weighted by Crippen LogP contribution is 2.26. The minimum Gasteiger partial charge on any atom is -0.324 e. The average molecular weight is 309 g/mol. The van der Waals surface area contributed by atoms with Crippen molar-refractivity contribution in [3.05, 3.63) is 34.9 Å². The Bertz CT molecular complexity index is 433. The van der Waals surface area contributed by atoms with E-state index in [4.69, 9.17) is 17.3 Å². The Hall–Kier alpha value is -0.570. The van der Waals surface area contributed by atoms with E-state index in [0.29, 0.717) is 0 Å². The van der Waals surface area contributed by atoms with E-state index in [1.54, 1.807) is 0 Å². The molecule has 2 N–H and O–H groups in total. The van der Waals surface area contributed by atoms with Gasteiger partial charge in [-0.1, -0.05) is 43.6 Å². The fourth-order valence-corrected chi connectivity index (χ4v) is 3.60. The summed E-state index contributed by atoms with van der Waals surface area (Å²) in [5, 5.41) is 0.792. The second-order valence-corrected chi connectivity index (χ2v) is 7.10. The Morgan fingerprint density at radius 3 is 2.71 bits per heavy atom. The maximum absolute atomic E-state index is 6.32. The molecule has 2 atom stereocenters. The molecular formula is C18H29ClN2. The summed E-state index contributed by atoms with van der Waals surface area (Å²) in [7, 11) is 0. The molecule has 0 aromatic heterocycles. The van der Waals surface area contributed by atoms with E-state index in [9.17, 15) is 0 Å². The van der Waals surface area contributed by atoms with Gasteiger partial charge in [0.2, 0.25) is 0 Å². The lowest BCUT2D eigenvalue weighted by Gasteiger charge is -2.23.